The molecule has 0 saturated carbocycles. The van der Waals surface area contributed by atoms with Gasteiger partial charge in [0.25, 0.3) is 0 Å². The minimum Gasteiger partial charge on any atom is -0.335 e. The summed E-state index contributed by atoms with van der Waals surface area (Å²) in [5.74, 6) is 0.939. The number of aryl methyl sites for hydroxylation is 2. The number of amides is 2. The Kier molecular flexibility index (Phi) is 6.17. The molecule has 0 radical (unpaired) electrons. The molecule has 6 heteroatoms. The van der Waals surface area contributed by atoms with Gasteiger partial charge in [0.1, 0.15) is 0 Å². The molecule has 5 nitrogen and oxygen atoms in total. The summed E-state index contributed by atoms with van der Waals surface area (Å²) < 4.78 is 0. The predicted octanol–water partition coefficient (Wildman–Crippen LogP) is 3.40. The lowest BCUT2D eigenvalue weighted by atomic mass is 9.99. The molecule has 124 valence electrons. The molecule has 0 unspecified atom stereocenters. The molecule has 0 aromatic carbocycles. The van der Waals surface area contributed by atoms with Crippen LogP contribution in [0.1, 0.15) is 55.6 Å². The molecule has 1 aromatic heterocycles. The van der Waals surface area contributed by atoms with Crippen molar-refractivity contribution in [3.8, 4) is 0 Å². The fraction of sp³-hybridized carbons (Fsp3) is 0.750. The second-order valence-corrected chi connectivity index (χ2v) is 7.12. The minimum absolute atomic E-state index is 0.0634. The van der Waals surface area contributed by atoms with Crippen LogP contribution in [0.3, 0.4) is 0 Å². The van der Waals surface area contributed by atoms with E-state index in [2.05, 4.69) is 28.7 Å². The Morgan fingerprint density at radius 1 is 1.45 bits per heavy atom. The summed E-state index contributed by atoms with van der Waals surface area (Å²) in [7, 11) is 0. The van der Waals surface area contributed by atoms with Gasteiger partial charge in [-0.3, -0.25) is 5.10 Å². The molecule has 1 aliphatic rings. The van der Waals surface area contributed by atoms with Gasteiger partial charge in [0.05, 0.1) is 11.7 Å². The molecule has 1 aromatic rings. The van der Waals surface area contributed by atoms with E-state index in [0.717, 1.165) is 36.5 Å². The van der Waals surface area contributed by atoms with E-state index in [1.54, 1.807) is 11.8 Å². The number of aromatic amines is 1. The number of carbonyl (C=O) groups excluding carboxylic acids is 1. The lowest BCUT2D eigenvalue weighted by molar-refractivity contribution is 0.173. The maximum Gasteiger partial charge on any atom is 0.318 e. The van der Waals surface area contributed by atoms with Crippen molar-refractivity contribution < 1.29 is 4.79 Å². The summed E-state index contributed by atoms with van der Waals surface area (Å²) in [4.78, 5) is 14.8. The monoisotopic (exact) mass is 324 g/mol. The van der Waals surface area contributed by atoms with Crippen molar-refractivity contribution in [2.45, 2.75) is 58.5 Å². The van der Waals surface area contributed by atoms with Crippen LogP contribution in [0.4, 0.5) is 4.79 Å². The van der Waals surface area contributed by atoms with Crippen LogP contribution in [-0.4, -0.2) is 45.7 Å². The highest BCUT2D eigenvalue weighted by molar-refractivity contribution is 7.98. The minimum atomic E-state index is 0.0634. The van der Waals surface area contributed by atoms with Crippen LogP contribution in [0.5, 0.6) is 0 Å². The zero-order valence-corrected chi connectivity index (χ0v) is 14.9. The molecule has 0 spiro atoms. The number of thioether (sulfide) groups is 1. The van der Waals surface area contributed by atoms with E-state index in [9.17, 15) is 4.79 Å². The van der Waals surface area contributed by atoms with Crippen molar-refractivity contribution in [2.24, 2.45) is 0 Å². The summed E-state index contributed by atoms with van der Waals surface area (Å²) in [5, 5.41) is 10.5. The van der Waals surface area contributed by atoms with E-state index >= 15 is 0 Å². The third kappa shape index (κ3) is 3.97. The van der Waals surface area contributed by atoms with E-state index < -0.39 is 0 Å². The normalized spacial score (nSPS) is 20.5. The van der Waals surface area contributed by atoms with Crippen LogP contribution in [0.15, 0.2) is 0 Å². The van der Waals surface area contributed by atoms with E-state index in [0.29, 0.717) is 0 Å². The molecular weight excluding hydrogens is 296 g/mol. The zero-order chi connectivity index (χ0) is 16.1. The Hall–Kier alpha value is -1.17. The number of carbonyl (C=O) groups is 1. The first-order valence-electron chi connectivity index (χ1n) is 8.12. The summed E-state index contributed by atoms with van der Waals surface area (Å²) in [6.07, 6.45) is 6.52. The molecule has 1 fully saturated rings. The molecule has 1 saturated heterocycles. The topological polar surface area (TPSA) is 61.0 Å². The Balaban J connectivity index is 2.19. The summed E-state index contributed by atoms with van der Waals surface area (Å²) in [6, 6.07) is 0.397. The van der Waals surface area contributed by atoms with Crippen molar-refractivity contribution >= 4 is 17.8 Å². The number of nitrogens with zero attached hydrogens (tertiary/aromatic N) is 2. The summed E-state index contributed by atoms with van der Waals surface area (Å²) in [6.45, 7) is 6.96. The average Bonchev–Trinajstić information content (AvgIpc) is 2.67. The van der Waals surface area contributed by atoms with Gasteiger partial charge in [-0.25, -0.2) is 4.79 Å². The number of likely N-dealkylation sites (tertiary alicyclic amines) is 1. The van der Waals surface area contributed by atoms with Crippen LogP contribution in [0, 0.1) is 13.8 Å². The highest BCUT2D eigenvalue weighted by atomic mass is 32.2. The number of H-pyrrole nitrogens is 1. The highest BCUT2D eigenvalue weighted by Gasteiger charge is 2.30. The van der Waals surface area contributed by atoms with Crippen LogP contribution < -0.4 is 5.32 Å². The van der Waals surface area contributed by atoms with Crippen LogP contribution in [0.2, 0.25) is 0 Å². The Morgan fingerprint density at radius 3 is 2.86 bits per heavy atom. The number of urea groups is 1. The first-order chi connectivity index (χ1) is 10.5. The second-order valence-electron chi connectivity index (χ2n) is 6.21. The smallest absolute Gasteiger partial charge is 0.318 e. The molecule has 2 heterocycles. The Bertz CT molecular complexity index is 483. The maximum absolute atomic E-state index is 12.7. The lowest BCUT2D eigenvalue weighted by Crippen LogP contribution is -2.46. The average molecular weight is 324 g/mol. The summed E-state index contributed by atoms with van der Waals surface area (Å²) >= 11 is 1.76. The third-order valence-corrected chi connectivity index (χ3v) is 5.15. The van der Waals surface area contributed by atoms with Crippen molar-refractivity contribution in [2.75, 3.05) is 18.6 Å². The van der Waals surface area contributed by atoms with Gasteiger partial charge in [0.2, 0.25) is 0 Å². The van der Waals surface area contributed by atoms with Gasteiger partial charge in [-0.1, -0.05) is 12.8 Å². The number of hydrogen-bond donors (Lipinski definition) is 2. The van der Waals surface area contributed by atoms with Crippen molar-refractivity contribution in [3.63, 3.8) is 0 Å². The Labute approximate surface area is 137 Å². The van der Waals surface area contributed by atoms with Crippen LogP contribution >= 0.6 is 11.8 Å². The van der Waals surface area contributed by atoms with E-state index in [-0.39, 0.29) is 18.1 Å². The largest absolute Gasteiger partial charge is 0.335 e. The highest BCUT2D eigenvalue weighted by Crippen LogP contribution is 2.33. The van der Waals surface area contributed by atoms with Gasteiger partial charge >= 0.3 is 6.03 Å². The lowest BCUT2D eigenvalue weighted by Gasteiger charge is -2.31. The first-order valence-corrected chi connectivity index (χ1v) is 9.51. The summed E-state index contributed by atoms with van der Waals surface area (Å²) in [5.41, 5.74) is 3.30. The van der Waals surface area contributed by atoms with Crippen LogP contribution in [-0.2, 0) is 0 Å². The molecule has 22 heavy (non-hydrogen) atoms. The molecule has 2 rings (SSSR count). The second kappa shape index (κ2) is 7.90. The van der Waals surface area contributed by atoms with E-state index in [4.69, 9.17) is 0 Å². The van der Waals surface area contributed by atoms with E-state index in [1.807, 2.05) is 18.7 Å². The number of rotatable bonds is 4. The molecule has 1 aliphatic heterocycles. The van der Waals surface area contributed by atoms with Gasteiger partial charge < -0.3 is 10.2 Å². The first kappa shape index (κ1) is 17.2. The number of nitrogens with one attached hydrogen (secondary N) is 2. The fourth-order valence-electron chi connectivity index (χ4n) is 3.29. The SMILES string of the molecule is CSC[C@H](C)NC(=O)N1CCCCC[C@@H]1c1c(C)n[nH]c1C. The quantitative estimate of drug-likeness (QED) is 0.892. The standard InChI is InChI=1S/C16H28N4OS/c1-11(10-22-4)17-16(21)20-9-7-5-6-8-14(20)15-12(2)18-19-13(15)3/h11,14H,5-10H2,1-4H3,(H,17,21)(H,18,19)/t11-,14+/m0/s1. The third-order valence-electron chi connectivity index (χ3n) is 4.32. The van der Waals surface area contributed by atoms with Crippen molar-refractivity contribution in [1.29, 1.82) is 0 Å². The molecule has 2 atom stereocenters. The Morgan fingerprint density at radius 2 is 2.23 bits per heavy atom. The number of hydrogen-bond acceptors (Lipinski definition) is 3. The van der Waals surface area contributed by atoms with Gasteiger partial charge in [0, 0.05) is 29.6 Å². The number of aromatic nitrogens is 2. The molecule has 2 amide bonds. The van der Waals surface area contributed by atoms with Gasteiger partial charge in [0.15, 0.2) is 0 Å². The van der Waals surface area contributed by atoms with Crippen molar-refractivity contribution in [1.82, 2.24) is 20.4 Å². The predicted molar refractivity (Wildman–Crippen MR) is 92.4 cm³/mol. The molecular formula is C16H28N4OS. The van der Waals surface area contributed by atoms with Gasteiger partial charge in [-0.05, 0) is 39.9 Å². The molecule has 0 aliphatic carbocycles. The van der Waals surface area contributed by atoms with Crippen molar-refractivity contribution in [3.05, 3.63) is 17.0 Å². The fourth-order valence-corrected chi connectivity index (χ4v) is 3.87. The zero-order valence-electron chi connectivity index (χ0n) is 14.1. The van der Waals surface area contributed by atoms with Crippen LogP contribution in [0.25, 0.3) is 0 Å². The van der Waals surface area contributed by atoms with E-state index in [1.165, 1.54) is 18.4 Å². The molecule has 0 bridgehead atoms. The van der Waals surface area contributed by atoms with Gasteiger partial charge in [-0.2, -0.15) is 16.9 Å². The maximum atomic E-state index is 12.7. The molecule has 2 N–H and O–H groups in total. The van der Waals surface area contributed by atoms with Gasteiger partial charge in [-0.15, -0.1) is 0 Å².